The fourth-order valence-electron chi connectivity index (χ4n) is 4.86. The van der Waals surface area contributed by atoms with E-state index >= 15 is 0 Å². The van der Waals surface area contributed by atoms with Crippen LogP contribution in [-0.4, -0.2) is 33.6 Å². The Morgan fingerprint density at radius 1 is 1.31 bits per heavy atom. The summed E-state index contributed by atoms with van der Waals surface area (Å²) in [7, 11) is 0. The molecule has 2 atom stereocenters. The highest BCUT2D eigenvalue weighted by atomic mass is 35.5. The van der Waals surface area contributed by atoms with Crippen LogP contribution < -0.4 is 0 Å². The maximum absolute atomic E-state index is 6.40. The van der Waals surface area contributed by atoms with Gasteiger partial charge in [0.2, 0.25) is 0 Å². The van der Waals surface area contributed by atoms with Crippen molar-refractivity contribution in [2.24, 2.45) is 0 Å². The maximum atomic E-state index is 6.40. The van der Waals surface area contributed by atoms with Crippen molar-refractivity contribution in [1.29, 1.82) is 0 Å². The van der Waals surface area contributed by atoms with E-state index in [9.17, 15) is 0 Å². The van der Waals surface area contributed by atoms with Crippen molar-refractivity contribution in [3.05, 3.63) is 68.9 Å². The van der Waals surface area contributed by atoms with Gasteiger partial charge in [-0.2, -0.15) is 0 Å². The Hall–Kier alpha value is -1.66. The molecule has 4 heterocycles. The lowest BCUT2D eigenvalue weighted by Crippen LogP contribution is -2.49. The first-order chi connectivity index (χ1) is 14.0. The van der Waals surface area contributed by atoms with Gasteiger partial charge in [0.1, 0.15) is 11.4 Å². The van der Waals surface area contributed by atoms with Crippen LogP contribution in [0.4, 0.5) is 0 Å². The van der Waals surface area contributed by atoms with Crippen LogP contribution in [0.1, 0.15) is 41.6 Å². The predicted molar refractivity (Wildman–Crippen MR) is 118 cm³/mol. The Labute approximate surface area is 181 Å². The molecule has 0 amide bonds. The Morgan fingerprint density at radius 3 is 2.86 bits per heavy atom. The van der Waals surface area contributed by atoms with E-state index in [2.05, 4.69) is 51.7 Å². The molecule has 1 saturated heterocycles. The number of hydrogen-bond donors (Lipinski definition) is 0. The smallest absolute Gasteiger partial charge is 0.110 e. The molecule has 3 aromatic rings. The minimum absolute atomic E-state index is 0.135. The third-order valence-corrected chi connectivity index (χ3v) is 7.91. The molecule has 1 aromatic carbocycles. The zero-order valence-corrected chi connectivity index (χ0v) is 18.5. The Kier molecular flexibility index (Phi) is 5.03. The Morgan fingerprint density at radius 2 is 2.14 bits per heavy atom. The SMILES string of the molecule is Cc1nccn1-c1ccc(CN2CC[C@]3(C[C@@H]2C)OCCc2cc(Cl)sc23)cc1. The zero-order chi connectivity index (χ0) is 20.0. The van der Waals surface area contributed by atoms with Gasteiger partial charge in [0, 0.05) is 42.1 Å². The second kappa shape index (κ2) is 7.55. The van der Waals surface area contributed by atoms with E-state index in [1.807, 2.05) is 19.3 Å². The Bertz CT molecular complexity index is 1010. The zero-order valence-electron chi connectivity index (χ0n) is 16.9. The molecule has 0 bridgehead atoms. The molecule has 2 aliphatic rings. The van der Waals surface area contributed by atoms with Crippen molar-refractivity contribution in [2.45, 2.75) is 51.3 Å². The van der Waals surface area contributed by atoms with Crippen molar-refractivity contribution in [3.63, 3.8) is 0 Å². The summed E-state index contributed by atoms with van der Waals surface area (Å²) in [5, 5.41) is 0. The van der Waals surface area contributed by atoms with Crippen molar-refractivity contribution < 1.29 is 4.74 Å². The molecular formula is C23H26ClN3OS. The number of likely N-dealkylation sites (tertiary alicyclic amines) is 1. The molecule has 0 saturated carbocycles. The number of piperidine rings is 1. The Balaban J connectivity index is 1.29. The van der Waals surface area contributed by atoms with E-state index in [4.69, 9.17) is 16.3 Å². The molecular weight excluding hydrogens is 402 g/mol. The van der Waals surface area contributed by atoms with E-state index in [-0.39, 0.29) is 5.60 Å². The van der Waals surface area contributed by atoms with E-state index in [0.29, 0.717) is 6.04 Å². The highest BCUT2D eigenvalue weighted by molar-refractivity contribution is 7.16. The van der Waals surface area contributed by atoms with Crippen LogP contribution in [0.3, 0.4) is 0 Å². The maximum Gasteiger partial charge on any atom is 0.110 e. The fraction of sp³-hybridized carbons (Fsp3) is 0.435. The number of aromatic nitrogens is 2. The normalized spacial score (nSPS) is 24.7. The van der Waals surface area contributed by atoms with Gasteiger partial charge in [-0.25, -0.2) is 4.98 Å². The first-order valence-corrected chi connectivity index (χ1v) is 11.5. The monoisotopic (exact) mass is 427 g/mol. The number of benzene rings is 1. The van der Waals surface area contributed by atoms with Crippen LogP contribution in [0.2, 0.25) is 4.34 Å². The van der Waals surface area contributed by atoms with Crippen molar-refractivity contribution in [2.75, 3.05) is 13.2 Å². The van der Waals surface area contributed by atoms with Crippen molar-refractivity contribution >= 4 is 22.9 Å². The first-order valence-electron chi connectivity index (χ1n) is 10.3. The third-order valence-electron chi connectivity index (χ3n) is 6.42. The van der Waals surface area contributed by atoms with Crippen LogP contribution in [-0.2, 0) is 23.3 Å². The molecule has 0 radical (unpaired) electrons. The van der Waals surface area contributed by atoms with Gasteiger partial charge in [-0.1, -0.05) is 23.7 Å². The quantitative estimate of drug-likeness (QED) is 0.564. The van der Waals surface area contributed by atoms with Crippen LogP contribution in [0.25, 0.3) is 5.69 Å². The number of fused-ring (bicyclic) bond motifs is 2. The van der Waals surface area contributed by atoms with Crippen LogP contribution in [0.5, 0.6) is 0 Å². The van der Waals surface area contributed by atoms with Gasteiger partial charge in [0.05, 0.1) is 10.9 Å². The van der Waals surface area contributed by atoms with Gasteiger partial charge >= 0.3 is 0 Å². The largest absolute Gasteiger partial charge is 0.369 e. The summed E-state index contributed by atoms with van der Waals surface area (Å²) in [6.07, 6.45) is 6.90. The summed E-state index contributed by atoms with van der Waals surface area (Å²) in [6.45, 7) is 7.18. The van der Waals surface area contributed by atoms with Crippen LogP contribution >= 0.6 is 22.9 Å². The average molecular weight is 428 g/mol. The number of thiophene rings is 1. The third kappa shape index (κ3) is 3.55. The number of ether oxygens (including phenoxy) is 1. The number of imidazole rings is 1. The highest BCUT2D eigenvalue weighted by Crippen LogP contribution is 2.48. The molecule has 0 N–H and O–H groups in total. The molecule has 2 aromatic heterocycles. The van der Waals surface area contributed by atoms with E-state index < -0.39 is 0 Å². The topological polar surface area (TPSA) is 30.3 Å². The molecule has 0 unspecified atom stereocenters. The molecule has 4 nitrogen and oxygen atoms in total. The first kappa shape index (κ1) is 19.3. The lowest BCUT2D eigenvalue weighted by atomic mass is 9.82. The van der Waals surface area contributed by atoms with Gasteiger partial charge in [0.25, 0.3) is 0 Å². The molecule has 29 heavy (non-hydrogen) atoms. The van der Waals surface area contributed by atoms with Crippen LogP contribution in [0.15, 0.2) is 42.7 Å². The number of aryl methyl sites for hydroxylation is 1. The summed E-state index contributed by atoms with van der Waals surface area (Å²) in [5.74, 6) is 1.01. The lowest BCUT2D eigenvalue weighted by Gasteiger charge is -2.47. The van der Waals surface area contributed by atoms with Gasteiger partial charge in [0.15, 0.2) is 0 Å². The predicted octanol–water partition coefficient (Wildman–Crippen LogP) is 5.35. The molecule has 2 aliphatic heterocycles. The van der Waals surface area contributed by atoms with E-state index in [1.54, 1.807) is 11.3 Å². The molecule has 1 fully saturated rings. The average Bonchev–Trinajstić information content (AvgIpc) is 3.31. The van der Waals surface area contributed by atoms with Gasteiger partial charge in [-0.05, 0) is 62.4 Å². The number of rotatable bonds is 3. The molecule has 5 rings (SSSR count). The standard InChI is InChI=1S/C23H26ClN3OS/c1-16-14-23(22-19(7-12-28-23)13-21(24)29-22)8-10-26(16)15-18-3-5-20(6-4-18)27-11-9-25-17(27)2/h3-6,9,11,13,16H,7-8,10,12,14-15H2,1-2H3/t16-,23+/m0/s1. The second-order valence-electron chi connectivity index (χ2n) is 8.28. The summed E-state index contributed by atoms with van der Waals surface area (Å²) >= 11 is 8.05. The second-order valence-corrected chi connectivity index (χ2v) is 9.97. The number of halogens is 1. The van der Waals surface area contributed by atoms with Gasteiger partial charge in [-0.15, -0.1) is 11.3 Å². The summed E-state index contributed by atoms with van der Waals surface area (Å²) in [6, 6.07) is 11.5. The molecule has 0 aliphatic carbocycles. The number of nitrogens with zero attached hydrogens (tertiary/aromatic N) is 3. The van der Waals surface area contributed by atoms with Gasteiger partial charge in [-0.3, -0.25) is 4.90 Å². The van der Waals surface area contributed by atoms with E-state index in [0.717, 1.165) is 54.8 Å². The van der Waals surface area contributed by atoms with E-state index in [1.165, 1.54) is 16.0 Å². The molecule has 6 heteroatoms. The lowest BCUT2D eigenvalue weighted by molar-refractivity contribution is -0.110. The fourth-order valence-corrected chi connectivity index (χ4v) is 6.34. The minimum atomic E-state index is -0.135. The highest BCUT2D eigenvalue weighted by Gasteiger charge is 2.44. The van der Waals surface area contributed by atoms with Gasteiger partial charge < -0.3 is 9.30 Å². The summed E-state index contributed by atoms with van der Waals surface area (Å²) in [5.41, 5.74) is 3.77. The van der Waals surface area contributed by atoms with Crippen LogP contribution in [0, 0.1) is 6.92 Å². The number of hydrogen-bond acceptors (Lipinski definition) is 4. The summed E-state index contributed by atoms with van der Waals surface area (Å²) in [4.78, 5) is 8.27. The van der Waals surface area contributed by atoms with Crippen molar-refractivity contribution in [1.82, 2.24) is 14.5 Å². The minimum Gasteiger partial charge on any atom is -0.369 e. The molecule has 1 spiro atoms. The van der Waals surface area contributed by atoms with Crippen molar-refractivity contribution in [3.8, 4) is 5.69 Å². The molecule has 152 valence electrons. The summed E-state index contributed by atoms with van der Waals surface area (Å²) < 4.78 is 9.40.